The van der Waals surface area contributed by atoms with E-state index in [0.717, 1.165) is 37.7 Å². The van der Waals surface area contributed by atoms with Crippen molar-refractivity contribution >= 4 is 50.8 Å². The van der Waals surface area contributed by atoms with Crippen molar-refractivity contribution < 1.29 is 46.5 Å². The smallest absolute Gasteiger partial charge is 0.318 e. The standard InChI is InChI=1S/C42H54N6O10S/c1-4-27-22-42(27,40(51)46-59(53,54)30-13-14-30)45-38(49)33-19-29-24-48(33)39(50)37(25-10-7-6-8-11-25)44-41(52)47-16-15-28(23-47)57-17-9-12-26-18-31-32(20-34(26)55-3)43-36(56-5-2)21-35(31)58-29/h4,9,12,18,20-21,25,27-30,33,37H,1,5-8,10-11,13-17,19,22-24H2,2-3H3,(H,44,52)(H,45,49)(H,46,51)/t27-,28+,29-,33+,37+,42-/m1/s1. The van der Waals surface area contributed by atoms with Crippen LogP contribution in [-0.4, -0.2) is 122 Å². The van der Waals surface area contributed by atoms with Gasteiger partial charge in [0.25, 0.3) is 5.91 Å². The van der Waals surface area contributed by atoms with Gasteiger partial charge in [-0.3, -0.25) is 19.1 Å². The highest BCUT2D eigenvalue weighted by atomic mass is 32.2. The van der Waals surface area contributed by atoms with Crippen LogP contribution in [0.1, 0.15) is 76.7 Å². The van der Waals surface area contributed by atoms with Crippen LogP contribution in [0.5, 0.6) is 17.4 Å². The lowest BCUT2D eigenvalue weighted by Gasteiger charge is -2.35. The Bertz CT molecular complexity index is 2140. The van der Waals surface area contributed by atoms with Crippen LogP contribution in [0.2, 0.25) is 0 Å². The molecule has 17 heteroatoms. The molecule has 6 atom stereocenters. The van der Waals surface area contributed by atoms with Crippen molar-refractivity contribution in [2.45, 2.75) is 106 Å². The Hall–Kier alpha value is -4.90. The summed E-state index contributed by atoms with van der Waals surface area (Å²) < 4.78 is 52.4. The second-order valence-corrected chi connectivity index (χ2v) is 18.5. The van der Waals surface area contributed by atoms with E-state index in [9.17, 15) is 22.8 Å². The number of pyridine rings is 1. The van der Waals surface area contributed by atoms with Crippen LogP contribution >= 0.6 is 0 Å². The maximum atomic E-state index is 15.1. The van der Waals surface area contributed by atoms with Crippen LogP contribution in [0.3, 0.4) is 0 Å². The number of aromatic nitrogens is 1. The molecule has 8 rings (SSSR count). The van der Waals surface area contributed by atoms with E-state index in [2.05, 4.69) is 21.9 Å². The molecular weight excluding hydrogens is 781 g/mol. The van der Waals surface area contributed by atoms with Crippen LogP contribution < -0.4 is 29.6 Å². The molecule has 16 nitrogen and oxygen atoms in total. The van der Waals surface area contributed by atoms with E-state index in [0.29, 0.717) is 73.8 Å². The van der Waals surface area contributed by atoms with E-state index in [1.807, 2.05) is 25.1 Å². The number of amides is 5. The molecule has 1 aromatic heterocycles. The maximum absolute atomic E-state index is 15.1. The monoisotopic (exact) mass is 834 g/mol. The minimum absolute atomic E-state index is 0.00746. The van der Waals surface area contributed by atoms with Gasteiger partial charge in [0.2, 0.25) is 27.7 Å². The maximum Gasteiger partial charge on any atom is 0.318 e. The van der Waals surface area contributed by atoms with Gasteiger partial charge in [0.1, 0.15) is 35.2 Å². The Morgan fingerprint density at radius 3 is 2.59 bits per heavy atom. The number of methoxy groups -OCH3 is 1. The van der Waals surface area contributed by atoms with Gasteiger partial charge in [-0.05, 0) is 57.4 Å². The lowest BCUT2D eigenvalue weighted by molar-refractivity contribution is -0.142. The molecule has 5 fully saturated rings. The first-order chi connectivity index (χ1) is 28.4. The summed E-state index contributed by atoms with van der Waals surface area (Å²) >= 11 is 0. The zero-order valence-corrected chi connectivity index (χ0v) is 34.5. The molecule has 5 amide bonds. The van der Waals surface area contributed by atoms with Crippen LogP contribution in [0.4, 0.5) is 4.79 Å². The molecular formula is C42H54N6O10S. The number of ether oxygens (including phenoxy) is 4. The van der Waals surface area contributed by atoms with Crippen LogP contribution in [0.25, 0.3) is 17.0 Å². The van der Waals surface area contributed by atoms with Gasteiger partial charge < -0.3 is 39.4 Å². The van der Waals surface area contributed by atoms with Crippen molar-refractivity contribution in [2.75, 3.05) is 40.0 Å². The van der Waals surface area contributed by atoms with Crippen molar-refractivity contribution in [1.29, 1.82) is 0 Å². The van der Waals surface area contributed by atoms with Gasteiger partial charge in [-0.15, -0.1) is 6.58 Å². The van der Waals surface area contributed by atoms with Gasteiger partial charge in [0.05, 0.1) is 43.7 Å². The number of urea groups is 1. The Labute approximate surface area is 344 Å². The minimum Gasteiger partial charge on any atom is -0.496 e. The molecule has 0 spiro atoms. The number of benzene rings is 1. The topological polar surface area (TPSA) is 195 Å². The van der Waals surface area contributed by atoms with E-state index in [4.69, 9.17) is 23.9 Å². The molecule has 3 aliphatic heterocycles. The molecule has 3 aliphatic carbocycles. The summed E-state index contributed by atoms with van der Waals surface area (Å²) in [6, 6.07) is 2.97. The molecule has 3 N–H and O–H groups in total. The zero-order valence-electron chi connectivity index (χ0n) is 33.7. The Morgan fingerprint density at radius 2 is 1.88 bits per heavy atom. The number of carbonyl (C=O) groups is 4. The fourth-order valence-electron chi connectivity index (χ4n) is 9.08. The average Bonchev–Trinajstić information content (AvgIpc) is 4.12. The number of rotatable bonds is 10. The Balaban J connectivity index is 1.17. The highest BCUT2D eigenvalue weighted by molar-refractivity contribution is 7.91. The van der Waals surface area contributed by atoms with E-state index < -0.39 is 62.6 Å². The lowest BCUT2D eigenvalue weighted by atomic mass is 9.83. The fraction of sp³-hybridized carbons (Fsp3) is 0.595. The number of fused-ring (bicyclic) bond motifs is 5. The average molecular weight is 835 g/mol. The van der Waals surface area contributed by atoms with Crippen LogP contribution in [0.15, 0.2) is 36.9 Å². The number of carbonyl (C=O) groups excluding carboxylic acids is 4. The first-order valence-electron chi connectivity index (χ1n) is 20.9. The highest BCUT2D eigenvalue weighted by Crippen LogP contribution is 2.46. The summed E-state index contributed by atoms with van der Waals surface area (Å²) in [5.41, 5.74) is -0.262. The predicted molar refractivity (Wildman–Crippen MR) is 217 cm³/mol. The summed E-state index contributed by atoms with van der Waals surface area (Å²) in [5, 5.41) is 5.96. The molecule has 59 heavy (non-hydrogen) atoms. The molecule has 2 aromatic rings. The second kappa shape index (κ2) is 16.6. The Morgan fingerprint density at radius 1 is 1.08 bits per heavy atom. The molecule has 1 aromatic carbocycles. The van der Waals surface area contributed by atoms with E-state index >= 15 is 4.79 Å². The number of sulfonamides is 1. The van der Waals surface area contributed by atoms with Crippen molar-refractivity contribution in [3.05, 3.63) is 42.5 Å². The van der Waals surface area contributed by atoms with Crippen molar-refractivity contribution in [3.63, 3.8) is 0 Å². The molecule has 0 radical (unpaired) electrons. The fourth-order valence-corrected chi connectivity index (χ4v) is 10.4. The van der Waals surface area contributed by atoms with Gasteiger partial charge in [-0.2, -0.15) is 0 Å². The lowest BCUT2D eigenvalue weighted by Crippen LogP contribution is -2.60. The third-order valence-electron chi connectivity index (χ3n) is 12.6. The number of nitrogens with zero attached hydrogens (tertiary/aromatic N) is 3. The summed E-state index contributed by atoms with van der Waals surface area (Å²) in [6.45, 7) is 7.13. The quantitative estimate of drug-likeness (QED) is 0.297. The Kier molecular flexibility index (Phi) is 11.5. The second-order valence-electron chi connectivity index (χ2n) is 16.6. The van der Waals surface area contributed by atoms with E-state index in [-0.39, 0.29) is 37.4 Å². The third kappa shape index (κ3) is 8.45. The molecule has 3 saturated carbocycles. The normalized spacial score (nSPS) is 28.9. The third-order valence-corrected chi connectivity index (χ3v) is 14.4. The molecule has 318 valence electrons. The summed E-state index contributed by atoms with van der Waals surface area (Å²) in [5.74, 6) is -1.26. The van der Waals surface area contributed by atoms with Crippen LogP contribution in [0, 0.1) is 11.8 Å². The van der Waals surface area contributed by atoms with E-state index in [1.54, 1.807) is 24.1 Å². The molecule has 4 heterocycles. The molecule has 6 aliphatic rings. The van der Waals surface area contributed by atoms with Gasteiger partial charge in [0.15, 0.2) is 0 Å². The first-order valence-corrected chi connectivity index (χ1v) is 22.4. The summed E-state index contributed by atoms with van der Waals surface area (Å²) in [4.78, 5) is 65.1. The van der Waals surface area contributed by atoms with Crippen molar-refractivity contribution in [2.24, 2.45) is 11.8 Å². The number of hydrogen-bond donors (Lipinski definition) is 3. The number of nitrogens with one attached hydrogen (secondary N) is 3. The molecule has 6 bridgehead atoms. The summed E-state index contributed by atoms with van der Waals surface area (Å²) in [7, 11) is -2.34. The first kappa shape index (κ1) is 40.9. The minimum atomic E-state index is -3.91. The highest BCUT2D eigenvalue weighted by Gasteiger charge is 2.62. The largest absolute Gasteiger partial charge is 0.496 e. The zero-order chi connectivity index (χ0) is 41.5. The molecule has 2 saturated heterocycles. The van der Waals surface area contributed by atoms with Gasteiger partial charge in [-0.25, -0.2) is 18.2 Å². The van der Waals surface area contributed by atoms with Gasteiger partial charge in [-0.1, -0.05) is 37.5 Å². The van der Waals surface area contributed by atoms with Gasteiger partial charge >= 0.3 is 6.03 Å². The summed E-state index contributed by atoms with van der Waals surface area (Å²) in [6.07, 6.45) is 10.4. The molecule has 0 unspecified atom stereocenters. The van der Waals surface area contributed by atoms with Gasteiger partial charge in [0, 0.05) is 48.5 Å². The van der Waals surface area contributed by atoms with Crippen LogP contribution in [-0.2, 0) is 29.1 Å². The van der Waals surface area contributed by atoms with E-state index in [1.165, 1.54) is 11.0 Å². The van der Waals surface area contributed by atoms with Crippen molar-refractivity contribution in [3.8, 4) is 17.4 Å². The number of hydrogen-bond acceptors (Lipinski definition) is 11. The SMILES string of the molecule is C=C[C@@H]1C[C@]1(NC(=O)[C@@H]1C[C@@H]2CN1C(=O)[C@H](C1CCCCC1)NC(=O)N1CC[C@@H](C1)OCC=Cc1cc3c(cc(OCC)nc3cc1OC)O2)C(=O)NS(=O)(=O)C1CC1. The predicted octanol–water partition coefficient (Wildman–Crippen LogP) is 3.44. The van der Waals surface area contributed by atoms with Crippen molar-refractivity contribution in [1.82, 2.24) is 30.1 Å².